The van der Waals surface area contributed by atoms with Gasteiger partial charge < -0.3 is 16.0 Å². The minimum absolute atomic E-state index is 0.136. The van der Waals surface area contributed by atoms with Crippen LogP contribution in [0.1, 0.15) is 47.3 Å². The Hall–Kier alpha value is -3.73. The fourth-order valence-corrected chi connectivity index (χ4v) is 3.46. The van der Waals surface area contributed by atoms with Crippen molar-refractivity contribution in [3.63, 3.8) is 0 Å². The van der Waals surface area contributed by atoms with Crippen LogP contribution < -0.4 is 11.1 Å². The predicted octanol–water partition coefficient (Wildman–Crippen LogP) is 1.99. The molecule has 0 unspecified atom stereocenters. The van der Waals surface area contributed by atoms with E-state index in [9.17, 15) is 14.4 Å². The highest BCUT2D eigenvalue weighted by Crippen LogP contribution is 2.33. The lowest BCUT2D eigenvalue weighted by Gasteiger charge is -2.38. The van der Waals surface area contributed by atoms with Crippen molar-refractivity contribution in [3.8, 4) is 6.07 Å². The quantitative estimate of drug-likeness (QED) is 0.773. The molecule has 29 heavy (non-hydrogen) atoms. The third-order valence-corrected chi connectivity index (χ3v) is 4.98. The number of carbonyl (C=O) groups is 3. The highest BCUT2D eigenvalue weighted by atomic mass is 16.2. The second-order valence-electron chi connectivity index (χ2n) is 7.17. The number of nitrogens with one attached hydrogen (secondary N) is 1. The molecule has 0 spiro atoms. The zero-order chi connectivity index (χ0) is 21.0. The molecule has 1 aliphatic heterocycles. The van der Waals surface area contributed by atoms with E-state index in [1.165, 1.54) is 18.5 Å². The minimum atomic E-state index is -0.804. The van der Waals surface area contributed by atoms with Crippen molar-refractivity contribution in [2.45, 2.75) is 25.8 Å². The first-order valence-electron chi connectivity index (χ1n) is 9.26. The summed E-state index contributed by atoms with van der Waals surface area (Å²) in [5.74, 6) is -1.87. The number of aromatic nitrogens is 1. The molecule has 0 bridgehead atoms. The first kappa shape index (κ1) is 20.0. The van der Waals surface area contributed by atoms with Gasteiger partial charge in [0.1, 0.15) is 0 Å². The standard InChI is InChI=1S/C21H21N5O3/c1-13-2-7-18(15-5-3-14(9-22)4-6-15)26(12-13)21(29)20(28)25-17-8-16(19(23)27)10-24-11-17/h3-6,8,10-11,13,18H,2,7,12H2,1H3,(H2,23,27)(H,25,28)/t13-,18+/m1/s1. The van der Waals surface area contributed by atoms with Crippen LogP contribution in [0.15, 0.2) is 42.7 Å². The molecule has 0 radical (unpaired) electrons. The Morgan fingerprint density at radius 3 is 2.59 bits per heavy atom. The fourth-order valence-electron chi connectivity index (χ4n) is 3.46. The third-order valence-electron chi connectivity index (χ3n) is 4.98. The minimum Gasteiger partial charge on any atom is -0.366 e. The summed E-state index contributed by atoms with van der Waals surface area (Å²) in [6.07, 6.45) is 4.28. The molecule has 148 valence electrons. The predicted molar refractivity (Wildman–Crippen MR) is 105 cm³/mol. The Kier molecular flexibility index (Phi) is 5.88. The number of piperidine rings is 1. The Labute approximate surface area is 168 Å². The van der Waals surface area contributed by atoms with E-state index in [0.717, 1.165) is 18.4 Å². The van der Waals surface area contributed by atoms with Gasteiger partial charge in [-0.15, -0.1) is 0 Å². The van der Waals surface area contributed by atoms with E-state index in [2.05, 4.69) is 16.4 Å². The third kappa shape index (κ3) is 4.58. The summed E-state index contributed by atoms with van der Waals surface area (Å²) in [7, 11) is 0. The lowest BCUT2D eigenvalue weighted by molar-refractivity contribution is -0.146. The monoisotopic (exact) mass is 391 g/mol. The first-order chi connectivity index (χ1) is 13.9. The van der Waals surface area contributed by atoms with Gasteiger partial charge in [0.25, 0.3) is 0 Å². The van der Waals surface area contributed by atoms with Crippen LogP contribution in [0.25, 0.3) is 0 Å². The van der Waals surface area contributed by atoms with Crippen LogP contribution in [-0.2, 0) is 9.59 Å². The van der Waals surface area contributed by atoms with E-state index in [0.29, 0.717) is 12.1 Å². The lowest BCUT2D eigenvalue weighted by atomic mass is 9.89. The SMILES string of the molecule is C[C@@H]1CC[C@@H](c2ccc(C#N)cc2)N(C(=O)C(=O)Nc2cncc(C(N)=O)c2)C1. The van der Waals surface area contributed by atoms with Crippen molar-refractivity contribution < 1.29 is 14.4 Å². The van der Waals surface area contributed by atoms with Gasteiger partial charge in [0.2, 0.25) is 5.91 Å². The maximum absolute atomic E-state index is 12.9. The second kappa shape index (κ2) is 8.52. The molecule has 2 atom stereocenters. The number of anilines is 1. The van der Waals surface area contributed by atoms with E-state index in [-0.39, 0.29) is 23.2 Å². The molecule has 2 heterocycles. The van der Waals surface area contributed by atoms with E-state index < -0.39 is 17.7 Å². The molecule has 3 amide bonds. The summed E-state index contributed by atoms with van der Waals surface area (Å²) in [5.41, 5.74) is 7.00. The van der Waals surface area contributed by atoms with Gasteiger partial charge in [0, 0.05) is 12.7 Å². The molecule has 2 aromatic rings. The van der Waals surface area contributed by atoms with Gasteiger partial charge >= 0.3 is 11.8 Å². The number of likely N-dealkylation sites (tertiary alicyclic amines) is 1. The molecular formula is C21H21N5O3. The van der Waals surface area contributed by atoms with Crippen molar-refractivity contribution in [3.05, 3.63) is 59.4 Å². The van der Waals surface area contributed by atoms with Crippen LogP contribution in [-0.4, -0.2) is 34.2 Å². The Balaban J connectivity index is 1.79. The van der Waals surface area contributed by atoms with Gasteiger partial charge in [-0.3, -0.25) is 19.4 Å². The van der Waals surface area contributed by atoms with E-state index in [1.807, 2.05) is 19.1 Å². The molecule has 1 saturated heterocycles. The van der Waals surface area contributed by atoms with E-state index in [1.54, 1.807) is 17.0 Å². The highest BCUT2D eigenvalue weighted by Gasteiger charge is 2.34. The number of nitrogens with zero attached hydrogens (tertiary/aromatic N) is 3. The smallest absolute Gasteiger partial charge is 0.313 e. The van der Waals surface area contributed by atoms with Gasteiger partial charge in [0.15, 0.2) is 0 Å². The van der Waals surface area contributed by atoms with Gasteiger partial charge in [0.05, 0.1) is 35.1 Å². The first-order valence-corrected chi connectivity index (χ1v) is 9.26. The molecule has 1 aliphatic rings. The molecule has 1 aromatic carbocycles. The van der Waals surface area contributed by atoms with Gasteiger partial charge in [-0.25, -0.2) is 0 Å². The molecule has 8 nitrogen and oxygen atoms in total. The summed E-state index contributed by atoms with van der Waals surface area (Å²) < 4.78 is 0. The van der Waals surface area contributed by atoms with Gasteiger partial charge in [-0.2, -0.15) is 5.26 Å². The number of hydrogen-bond acceptors (Lipinski definition) is 5. The number of pyridine rings is 1. The van der Waals surface area contributed by atoms with Crippen LogP contribution in [0.5, 0.6) is 0 Å². The molecule has 0 saturated carbocycles. The fraction of sp³-hybridized carbons (Fsp3) is 0.286. The summed E-state index contributed by atoms with van der Waals surface area (Å²) in [6, 6.07) is 10.2. The van der Waals surface area contributed by atoms with Crippen LogP contribution in [0.4, 0.5) is 5.69 Å². The Morgan fingerprint density at radius 2 is 1.93 bits per heavy atom. The van der Waals surface area contributed by atoms with E-state index >= 15 is 0 Å². The second-order valence-corrected chi connectivity index (χ2v) is 7.17. The number of carbonyl (C=O) groups excluding carboxylic acids is 3. The number of hydrogen-bond donors (Lipinski definition) is 2. The molecule has 3 N–H and O–H groups in total. The Morgan fingerprint density at radius 1 is 1.21 bits per heavy atom. The number of benzene rings is 1. The van der Waals surface area contributed by atoms with Crippen LogP contribution in [0.2, 0.25) is 0 Å². The molecule has 8 heteroatoms. The highest BCUT2D eigenvalue weighted by molar-refractivity contribution is 6.39. The van der Waals surface area contributed by atoms with Crippen LogP contribution in [0, 0.1) is 17.2 Å². The number of amides is 3. The van der Waals surface area contributed by atoms with Crippen molar-refractivity contribution in [1.29, 1.82) is 5.26 Å². The summed E-state index contributed by atoms with van der Waals surface area (Å²) in [4.78, 5) is 42.2. The molecule has 1 fully saturated rings. The van der Waals surface area contributed by atoms with Crippen molar-refractivity contribution in [2.75, 3.05) is 11.9 Å². The number of nitriles is 1. The van der Waals surface area contributed by atoms with Crippen LogP contribution >= 0.6 is 0 Å². The summed E-state index contributed by atoms with van der Waals surface area (Å²) in [5, 5.41) is 11.5. The molecular weight excluding hydrogens is 370 g/mol. The average molecular weight is 391 g/mol. The molecule has 1 aromatic heterocycles. The van der Waals surface area contributed by atoms with Gasteiger partial charge in [-0.05, 0) is 42.5 Å². The zero-order valence-corrected chi connectivity index (χ0v) is 16.0. The molecule has 3 rings (SSSR count). The summed E-state index contributed by atoms with van der Waals surface area (Å²) in [6.45, 7) is 2.49. The van der Waals surface area contributed by atoms with Crippen molar-refractivity contribution in [1.82, 2.24) is 9.88 Å². The van der Waals surface area contributed by atoms with E-state index in [4.69, 9.17) is 11.0 Å². The summed E-state index contributed by atoms with van der Waals surface area (Å²) >= 11 is 0. The van der Waals surface area contributed by atoms with Crippen molar-refractivity contribution >= 4 is 23.4 Å². The number of rotatable bonds is 3. The lowest BCUT2D eigenvalue weighted by Crippen LogP contribution is -2.46. The molecule has 0 aliphatic carbocycles. The normalized spacial score (nSPS) is 18.6. The van der Waals surface area contributed by atoms with Gasteiger partial charge in [-0.1, -0.05) is 19.1 Å². The zero-order valence-electron chi connectivity index (χ0n) is 16.0. The number of nitrogens with two attached hydrogens (primary N) is 1. The topological polar surface area (TPSA) is 129 Å². The van der Waals surface area contributed by atoms with Crippen molar-refractivity contribution in [2.24, 2.45) is 11.7 Å². The number of primary amides is 1. The Bertz CT molecular complexity index is 981. The van der Waals surface area contributed by atoms with Crippen LogP contribution in [0.3, 0.4) is 0 Å². The average Bonchev–Trinajstić information content (AvgIpc) is 2.73. The largest absolute Gasteiger partial charge is 0.366 e. The maximum atomic E-state index is 12.9. The maximum Gasteiger partial charge on any atom is 0.313 e.